The van der Waals surface area contributed by atoms with Crippen molar-refractivity contribution in [2.45, 2.75) is 79.3 Å². The van der Waals surface area contributed by atoms with Crippen LogP contribution in [0.5, 0.6) is 0 Å². The zero-order chi connectivity index (χ0) is 16.8. The fourth-order valence-corrected chi connectivity index (χ4v) is 4.62. The zero-order valence-corrected chi connectivity index (χ0v) is 17.1. The maximum Gasteiger partial charge on any atom is 0.273 e. The van der Waals surface area contributed by atoms with Gasteiger partial charge in [0.25, 0.3) is 9.04 Å². The molecule has 4 heteroatoms. The summed E-state index contributed by atoms with van der Waals surface area (Å²) in [6, 6.07) is 0. The molecule has 0 aromatic rings. The Morgan fingerprint density at radius 2 is 1.82 bits per heavy atom. The third-order valence-electron chi connectivity index (χ3n) is 4.04. The number of hydrogen-bond acceptors (Lipinski definition) is 3. The second-order valence-corrected chi connectivity index (χ2v) is 10.6. The lowest BCUT2D eigenvalue weighted by atomic mass is 9.79. The molecule has 0 bridgehead atoms. The van der Waals surface area contributed by atoms with E-state index in [0.717, 1.165) is 16.4 Å². The molecule has 0 spiro atoms. The Morgan fingerprint density at radius 1 is 1.18 bits per heavy atom. The fraction of sp³-hybridized carbons (Fsp3) is 0.833. The lowest BCUT2D eigenvalue weighted by Crippen LogP contribution is -2.24. The topological polar surface area (TPSA) is 26.3 Å². The van der Waals surface area contributed by atoms with E-state index in [1.807, 2.05) is 0 Å². The van der Waals surface area contributed by atoms with Crippen LogP contribution in [0.3, 0.4) is 0 Å². The van der Waals surface area contributed by atoms with Crippen molar-refractivity contribution < 1.29 is 9.22 Å². The summed E-state index contributed by atoms with van der Waals surface area (Å²) in [5, 5.41) is 0. The molecular formula is C18H33O2SSi. The Kier molecular flexibility index (Phi) is 8.26. The minimum absolute atomic E-state index is 0.0890. The number of thioether (sulfide) groups is 1. The van der Waals surface area contributed by atoms with Crippen LogP contribution in [0.25, 0.3) is 0 Å². The Labute approximate surface area is 143 Å². The molecule has 0 heterocycles. The van der Waals surface area contributed by atoms with Gasteiger partial charge in [0, 0.05) is 12.3 Å². The number of carbonyl (C=O) groups is 1. The third-order valence-corrected chi connectivity index (χ3v) is 5.88. The van der Waals surface area contributed by atoms with Crippen molar-refractivity contribution in [2.75, 3.05) is 5.75 Å². The normalized spacial score (nSPS) is 19.4. The minimum atomic E-state index is -0.830. The van der Waals surface area contributed by atoms with Gasteiger partial charge in [-0.2, -0.15) is 0 Å². The van der Waals surface area contributed by atoms with E-state index >= 15 is 0 Å². The highest BCUT2D eigenvalue weighted by atomic mass is 32.2. The number of ketones is 1. The maximum atomic E-state index is 12.4. The van der Waals surface area contributed by atoms with Gasteiger partial charge < -0.3 is 4.43 Å². The molecule has 0 saturated carbocycles. The molecule has 22 heavy (non-hydrogen) atoms. The van der Waals surface area contributed by atoms with E-state index in [1.165, 1.54) is 32.1 Å². The summed E-state index contributed by atoms with van der Waals surface area (Å²) in [5.41, 5.74) is 0.0890. The molecule has 127 valence electrons. The van der Waals surface area contributed by atoms with Gasteiger partial charge in [-0.05, 0) is 30.7 Å². The highest BCUT2D eigenvalue weighted by Gasteiger charge is 2.40. The molecule has 0 saturated heterocycles. The van der Waals surface area contributed by atoms with Crippen molar-refractivity contribution in [3.05, 3.63) is 10.7 Å². The number of rotatable bonds is 9. The first-order valence-electron chi connectivity index (χ1n) is 8.65. The van der Waals surface area contributed by atoms with E-state index in [-0.39, 0.29) is 11.3 Å². The van der Waals surface area contributed by atoms with Crippen LogP contribution in [0.1, 0.15) is 66.2 Å². The predicted molar refractivity (Wildman–Crippen MR) is 99.4 cm³/mol. The van der Waals surface area contributed by atoms with Crippen molar-refractivity contribution in [3.63, 3.8) is 0 Å². The second kappa shape index (κ2) is 9.17. The van der Waals surface area contributed by atoms with E-state index in [9.17, 15) is 4.79 Å². The van der Waals surface area contributed by atoms with Crippen molar-refractivity contribution >= 4 is 26.6 Å². The molecular weight excluding hydrogens is 308 g/mol. The van der Waals surface area contributed by atoms with E-state index in [1.54, 1.807) is 11.8 Å². The second-order valence-electron chi connectivity index (χ2n) is 7.51. The van der Waals surface area contributed by atoms with Crippen LogP contribution in [-0.4, -0.2) is 20.6 Å². The first-order valence-corrected chi connectivity index (χ1v) is 12.0. The van der Waals surface area contributed by atoms with Crippen LogP contribution >= 0.6 is 11.8 Å². The van der Waals surface area contributed by atoms with Gasteiger partial charge in [0.1, 0.15) is 5.76 Å². The van der Waals surface area contributed by atoms with E-state index in [4.69, 9.17) is 4.43 Å². The highest BCUT2D eigenvalue weighted by molar-refractivity contribution is 8.04. The molecule has 1 atom stereocenters. The van der Waals surface area contributed by atoms with Crippen LogP contribution in [0.2, 0.25) is 13.1 Å². The number of carbonyl (C=O) groups excluding carboxylic acids is 1. The molecule has 1 aliphatic rings. The van der Waals surface area contributed by atoms with Gasteiger partial charge in [-0.3, -0.25) is 4.79 Å². The Morgan fingerprint density at radius 3 is 2.36 bits per heavy atom. The van der Waals surface area contributed by atoms with Crippen molar-refractivity contribution in [3.8, 4) is 0 Å². The molecule has 1 radical (unpaired) electrons. The SMILES string of the molecule is CCCCCCCSC1=C(O[Si](C)C)C(C(C)(C)C)CC1=O. The van der Waals surface area contributed by atoms with E-state index < -0.39 is 9.04 Å². The fourth-order valence-electron chi connectivity index (χ4n) is 2.73. The average Bonchev–Trinajstić information content (AvgIpc) is 2.70. The summed E-state index contributed by atoms with van der Waals surface area (Å²) in [5.74, 6) is 2.61. The van der Waals surface area contributed by atoms with Gasteiger partial charge in [-0.25, -0.2) is 0 Å². The summed E-state index contributed by atoms with van der Waals surface area (Å²) in [6.45, 7) is 13.2. The summed E-state index contributed by atoms with van der Waals surface area (Å²) in [4.78, 5) is 13.4. The van der Waals surface area contributed by atoms with Gasteiger partial charge >= 0.3 is 0 Å². The van der Waals surface area contributed by atoms with Crippen LogP contribution in [0.4, 0.5) is 0 Å². The molecule has 1 aliphatic carbocycles. The van der Waals surface area contributed by atoms with Crippen molar-refractivity contribution in [1.82, 2.24) is 0 Å². The molecule has 0 aromatic carbocycles. The Hall–Kier alpha value is -0.223. The number of unbranched alkanes of at least 4 members (excludes halogenated alkanes) is 4. The zero-order valence-electron chi connectivity index (χ0n) is 15.3. The summed E-state index contributed by atoms with van der Waals surface area (Å²) >= 11 is 1.74. The van der Waals surface area contributed by atoms with Gasteiger partial charge in [0.05, 0.1) is 4.91 Å². The molecule has 0 amide bonds. The first kappa shape index (κ1) is 19.8. The van der Waals surface area contributed by atoms with Crippen LogP contribution < -0.4 is 0 Å². The standard InChI is InChI=1S/C18H33O2SSi/c1-7-8-9-10-11-12-21-17-15(19)13-14(18(2,3)4)16(17)20-22(5)6/h14H,7-13H2,1-6H3. The lowest BCUT2D eigenvalue weighted by molar-refractivity contribution is -0.115. The molecule has 0 N–H and O–H groups in total. The van der Waals surface area contributed by atoms with Crippen molar-refractivity contribution in [1.29, 1.82) is 0 Å². The smallest absolute Gasteiger partial charge is 0.273 e. The van der Waals surface area contributed by atoms with Crippen molar-refractivity contribution in [2.24, 2.45) is 11.3 Å². The van der Waals surface area contributed by atoms with E-state index in [2.05, 4.69) is 40.8 Å². The monoisotopic (exact) mass is 341 g/mol. The molecule has 0 aromatic heterocycles. The van der Waals surface area contributed by atoms with Crippen LogP contribution in [-0.2, 0) is 9.22 Å². The number of allylic oxidation sites excluding steroid dienone is 2. The van der Waals surface area contributed by atoms with Crippen LogP contribution in [0.15, 0.2) is 10.7 Å². The molecule has 0 aliphatic heterocycles. The van der Waals surface area contributed by atoms with Crippen LogP contribution in [0, 0.1) is 11.3 Å². The highest BCUT2D eigenvalue weighted by Crippen LogP contribution is 2.45. The molecule has 2 nitrogen and oxygen atoms in total. The van der Waals surface area contributed by atoms with E-state index in [0.29, 0.717) is 12.2 Å². The summed E-state index contributed by atoms with van der Waals surface area (Å²) < 4.78 is 6.17. The maximum absolute atomic E-state index is 12.4. The summed E-state index contributed by atoms with van der Waals surface area (Å²) in [7, 11) is -0.830. The molecule has 1 rings (SSSR count). The van der Waals surface area contributed by atoms with Gasteiger partial charge in [0.15, 0.2) is 5.78 Å². The first-order chi connectivity index (χ1) is 10.3. The minimum Gasteiger partial charge on any atom is -0.544 e. The predicted octanol–water partition coefficient (Wildman–Crippen LogP) is 5.80. The Balaban J connectivity index is 2.69. The van der Waals surface area contributed by atoms with Gasteiger partial charge in [-0.1, -0.05) is 53.4 Å². The lowest BCUT2D eigenvalue weighted by Gasteiger charge is -2.29. The quantitative estimate of drug-likeness (QED) is 0.391. The summed E-state index contributed by atoms with van der Waals surface area (Å²) in [6.07, 6.45) is 7.02. The molecule has 0 fully saturated rings. The van der Waals surface area contributed by atoms with Gasteiger partial charge in [0.2, 0.25) is 0 Å². The molecule has 1 unspecified atom stereocenters. The average molecular weight is 342 g/mol. The number of hydrogen-bond donors (Lipinski definition) is 0. The van der Waals surface area contributed by atoms with Gasteiger partial charge in [-0.15, -0.1) is 11.8 Å². The largest absolute Gasteiger partial charge is 0.544 e. The Bertz CT molecular complexity index is 396. The number of Topliss-reactive ketones (excluding diaryl/α,β-unsaturated/α-hetero) is 1. The third kappa shape index (κ3) is 6.11.